The first-order chi connectivity index (χ1) is 6.93. The van der Waals surface area contributed by atoms with Gasteiger partial charge in [-0.1, -0.05) is 13.8 Å². The normalized spacial score (nSPS) is 15.0. The van der Waals surface area contributed by atoms with Gasteiger partial charge in [0.15, 0.2) is 0 Å². The van der Waals surface area contributed by atoms with Gasteiger partial charge in [-0.2, -0.15) is 0 Å². The molecule has 0 aliphatic carbocycles. The summed E-state index contributed by atoms with van der Waals surface area (Å²) in [6, 6.07) is 0. The Morgan fingerprint density at radius 1 is 0.933 bits per heavy atom. The Morgan fingerprint density at radius 2 is 1.33 bits per heavy atom. The first-order valence-electron chi connectivity index (χ1n) is 5.41. The predicted molar refractivity (Wildman–Crippen MR) is 58.5 cm³/mol. The monoisotopic (exact) mass is 220 g/mol. The molecule has 0 aliphatic rings. The lowest BCUT2D eigenvalue weighted by atomic mass is 9.79. The van der Waals surface area contributed by atoms with Crippen molar-refractivity contribution in [1.82, 2.24) is 0 Å². The molecule has 0 aromatic rings. The van der Waals surface area contributed by atoms with Crippen LogP contribution < -0.4 is 0 Å². The highest BCUT2D eigenvalue weighted by Crippen LogP contribution is 2.29. The highest BCUT2D eigenvalue weighted by Gasteiger charge is 2.40. The lowest BCUT2D eigenvalue weighted by Crippen LogP contribution is -2.50. The molecule has 0 aliphatic heterocycles. The fourth-order valence-electron chi connectivity index (χ4n) is 1.72. The average molecular weight is 220 g/mol. The Hall–Kier alpha value is -0.160. The number of rotatable bonds is 7. The van der Waals surface area contributed by atoms with Crippen LogP contribution in [0.3, 0.4) is 0 Å². The molecule has 92 valence electrons. The minimum Gasteiger partial charge on any atom is -0.396 e. The van der Waals surface area contributed by atoms with Crippen molar-refractivity contribution in [2.75, 3.05) is 19.8 Å². The smallest absolute Gasteiger partial charge is 0.0723 e. The van der Waals surface area contributed by atoms with Gasteiger partial charge in [-0.15, -0.1) is 0 Å². The molecule has 1 unspecified atom stereocenters. The molecular formula is C11H24O4. The third-order valence-electron chi connectivity index (χ3n) is 2.57. The topological polar surface area (TPSA) is 69.9 Å². The molecule has 4 heteroatoms. The van der Waals surface area contributed by atoms with Crippen LogP contribution in [0.2, 0.25) is 0 Å². The zero-order valence-electron chi connectivity index (χ0n) is 10.1. The van der Waals surface area contributed by atoms with Gasteiger partial charge in [0.25, 0.3) is 0 Å². The van der Waals surface area contributed by atoms with E-state index in [0.717, 1.165) is 0 Å². The maximum absolute atomic E-state index is 9.31. The molecule has 1 atom stereocenters. The van der Waals surface area contributed by atoms with E-state index in [-0.39, 0.29) is 37.9 Å². The zero-order chi connectivity index (χ0) is 12.1. The number of aliphatic hydroxyl groups is 3. The molecule has 15 heavy (non-hydrogen) atoms. The average Bonchev–Trinajstić information content (AvgIpc) is 2.19. The standard InChI is InChI=1S/C11H24O4/c1-8(2)10(15-9(3)4)11(5-12,6-13)7-14/h8-10,12-14H,5-7H2,1-4H3. The summed E-state index contributed by atoms with van der Waals surface area (Å²) in [7, 11) is 0. The van der Waals surface area contributed by atoms with Crippen LogP contribution in [-0.2, 0) is 4.74 Å². The van der Waals surface area contributed by atoms with Gasteiger partial charge < -0.3 is 20.1 Å². The predicted octanol–water partition coefficient (Wildman–Crippen LogP) is 0.399. The Kier molecular flexibility index (Phi) is 6.36. The van der Waals surface area contributed by atoms with Gasteiger partial charge in [0.2, 0.25) is 0 Å². The van der Waals surface area contributed by atoms with Crippen LogP contribution in [-0.4, -0.2) is 47.3 Å². The lowest BCUT2D eigenvalue weighted by molar-refractivity contribution is -0.147. The Balaban J connectivity index is 4.83. The highest BCUT2D eigenvalue weighted by atomic mass is 16.5. The first-order valence-corrected chi connectivity index (χ1v) is 5.41. The minimum atomic E-state index is -0.960. The van der Waals surface area contributed by atoms with Crippen molar-refractivity contribution >= 4 is 0 Å². The van der Waals surface area contributed by atoms with E-state index in [0.29, 0.717) is 0 Å². The summed E-state index contributed by atoms with van der Waals surface area (Å²) in [6.45, 7) is 6.84. The van der Waals surface area contributed by atoms with E-state index in [9.17, 15) is 15.3 Å². The van der Waals surface area contributed by atoms with Crippen LogP contribution in [0.25, 0.3) is 0 Å². The first kappa shape index (κ1) is 14.8. The maximum atomic E-state index is 9.31. The van der Waals surface area contributed by atoms with Gasteiger partial charge >= 0.3 is 0 Å². The van der Waals surface area contributed by atoms with Gasteiger partial charge in [-0.3, -0.25) is 0 Å². The number of ether oxygens (including phenoxy) is 1. The Morgan fingerprint density at radius 3 is 1.53 bits per heavy atom. The van der Waals surface area contributed by atoms with Crippen LogP contribution in [0.5, 0.6) is 0 Å². The molecule has 3 N–H and O–H groups in total. The third kappa shape index (κ3) is 3.72. The van der Waals surface area contributed by atoms with Crippen molar-refractivity contribution in [3.05, 3.63) is 0 Å². The molecule has 0 rings (SSSR count). The Labute approximate surface area is 91.9 Å². The van der Waals surface area contributed by atoms with Crippen molar-refractivity contribution in [2.24, 2.45) is 11.3 Å². The van der Waals surface area contributed by atoms with E-state index in [2.05, 4.69) is 0 Å². The van der Waals surface area contributed by atoms with Crippen molar-refractivity contribution < 1.29 is 20.1 Å². The van der Waals surface area contributed by atoms with Gasteiger partial charge in [-0.25, -0.2) is 0 Å². The quantitative estimate of drug-likeness (QED) is 0.581. The zero-order valence-corrected chi connectivity index (χ0v) is 10.1. The van der Waals surface area contributed by atoms with Gasteiger partial charge in [0.05, 0.1) is 37.4 Å². The second-order valence-corrected chi connectivity index (χ2v) is 4.69. The molecule has 0 spiro atoms. The molecule has 0 radical (unpaired) electrons. The second kappa shape index (κ2) is 6.43. The lowest BCUT2D eigenvalue weighted by Gasteiger charge is -2.39. The molecule has 0 saturated carbocycles. The summed E-state index contributed by atoms with van der Waals surface area (Å²) in [6.07, 6.45) is -0.348. The summed E-state index contributed by atoms with van der Waals surface area (Å²) in [5.41, 5.74) is -0.960. The van der Waals surface area contributed by atoms with Crippen LogP contribution in [0.15, 0.2) is 0 Å². The van der Waals surface area contributed by atoms with Gasteiger partial charge in [0, 0.05) is 0 Å². The molecule has 0 aromatic carbocycles. The molecule has 0 amide bonds. The third-order valence-corrected chi connectivity index (χ3v) is 2.57. The van der Waals surface area contributed by atoms with Crippen molar-refractivity contribution in [1.29, 1.82) is 0 Å². The van der Waals surface area contributed by atoms with Crippen LogP contribution in [0.4, 0.5) is 0 Å². The number of aliphatic hydroxyl groups excluding tert-OH is 3. The van der Waals surface area contributed by atoms with E-state index in [1.54, 1.807) is 0 Å². The van der Waals surface area contributed by atoms with E-state index < -0.39 is 5.41 Å². The van der Waals surface area contributed by atoms with Crippen LogP contribution >= 0.6 is 0 Å². The van der Waals surface area contributed by atoms with Crippen molar-refractivity contribution in [3.63, 3.8) is 0 Å². The summed E-state index contributed by atoms with van der Waals surface area (Å²) in [5, 5.41) is 27.9. The summed E-state index contributed by atoms with van der Waals surface area (Å²) in [4.78, 5) is 0. The molecule has 0 heterocycles. The summed E-state index contributed by atoms with van der Waals surface area (Å²) < 4.78 is 5.67. The molecule has 0 bridgehead atoms. The summed E-state index contributed by atoms with van der Waals surface area (Å²) >= 11 is 0. The Bertz CT molecular complexity index is 156. The van der Waals surface area contributed by atoms with Crippen LogP contribution in [0, 0.1) is 11.3 Å². The SMILES string of the molecule is CC(C)OC(C(C)C)C(CO)(CO)CO. The fourth-order valence-corrected chi connectivity index (χ4v) is 1.72. The van der Waals surface area contributed by atoms with E-state index in [1.807, 2.05) is 27.7 Å². The van der Waals surface area contributed by atoms with Crippen molar-refractivity contribution in [3.8, 4) is 0 Å². The highest BCUT2D eigenvalue weighted by molar-refractivity contribution is 4.88. The van der Waals surface area contributed by atoms with Crippen molar-refractivity contribution in [2.45, 2.75) is 39.9 Å². The molecule has 4 nitrogen and oxygen atoms in total. The molecule has 0 fully saturated rings. The molecule has 0 aromatic heterocycles. The molecule has 0 saturated heterocycles. The fraction of sp³-hybridized carbons (Fsp3) is 1.00. The summed E-state index contributed by atoms with van der Waals surface area (Å²) in [5.74, 6) is 0.124. The largest absolute Gasteiger partial charge is 0.396 e. The van der Waals surface area contributed by atoms with Gasteiger partial charge in [0.1, 0.15) is 0 Å². The van der Waals surface area contributed by atoms with Crippen LogP contribution in [0.1, 0.15) is 27.7 Å². The number of hydrogen-bond acceptors (Lipinski definition) is 4. The van der Waals surface area contributed by atoms with E-state index in [4.69, 9.17) is 4.74 Å². The maximum Gasteiger partial charge on any atom is 0.0723 e. The van der Waals surface area contributed by atoms with E-state index in [1.165, 1.54) is 0 Å². The van der Waals surface area contributed by atoms with Gasteiger partial charge in [-0.05, 0) is 19.8 Å². The van der Waals surface area contributed by atoms with E-state index >= 15 is 0 Å². The minimum absolute atomic E-state index is 0.00132. The molecular weight excluding hydrogens is 196 g/mol. The second-order valence-electron chi connectivity index (χ2n) is 4.69. The number of hydrogen-bond donors (Lipinski definition) is 3.